The second kappa shape index (κ2) is 9.81. The minimum atomic E-state index is -0.577. The number of nitro benzene ring substituents is 1. The number of hydrogen-bond acceptors (Lipinski definition) is 7. The van der Waals surface area contributed by atoms with Crippen LogP contribution in [0.5, 0.6) is 5.75 Å². The molecule has 0 aliphatic heterocycles. The van der Waals surface area contributed by atoms with Gasteiger partial charge in [-0.2, -0.15) is 5.10 Å². The minimum absolute atomic E-state index is 0.128. The van der Waals surface area contributed by atoms with Gasteiger partial charge in [0.2, 0.25) is 0 Å². The number of amides is 1. The fourth-order valence-corrected chi connectivity index (χ4v) is 2.08. The molecular weight excluding hydrogens is 366 g/mol. The Morgan fingerprint density at radius 1 is 1.21 bits per heavy atom. The van der Waals surface area contributed by atoms with E-state index >= 15 is 0 Å². The summed E-state index contributed by atoms with van der Waals surface area (Å²) in [5.74, 6) is -0.536. The summed E-state index contributed by atoms with van der Waals surface area (Å²) in [6, 6.07) is 12.0. The summed E-state index contributed by atoms with van der Waals surface area (Å²) >= 11 is 0. The quantitative estimate of drug-likeness (QED) is 0.323. The molecule has 0 aliphatic rings. The molecule has 1 amide bonds. The van der Waals surface area contributed by atoms with E-state index in [1.54, 1.807) is 38.1 Å². The van der Waals surface area contributed by atoms with Crippen LogP contribution in [0.15, 0.2) is 53.6 Å². The standard InChI is InChI=1S/C19H19N3O6/c1-13(2)28-18(23)12-27-17-8-6-14(7-9-17)11-20-21-19(24)15-4-3-5-16(10-15)22(25)26/h3-11,13H,12H2,1-2H3,(H,21,24)/b20-11-. The number of carbonyl (C=O) groups excluding carboxylic acids is 2. The van der Waals surface area contributed by atoms with Crippen molar-refractivity contribution in [1.29, 1.82) is 0 Å². The van der Waals surface area contributed by atoms with Crippen LogP contribution < -0.4 is 10.2 Å². The molecule has 0 saturated carbocycles. The van der Waals surface area contributed by atoms with Crippen molar-refractivity contribution in [3.05, 3.63) is 69.8 Å². The van der Waals surface area contributed by atoms with E-state index in [2.05, 4.69) is 10.5 Å². The first-order valence-electron chi connectivity index (χ1n) is 8.35. The monoisotopic (exact) mass is 385 g/mol. The Labute approximate surface area is 161 Å². The first kappa shape index (κ1) is 20.6. The van der Waals surface area contributed by atoms with Crippen molar-refractivity contribution in [2.45, 2.75) is 20.0 Å². The van der Waals surface area contributed by atoms with Gasteiger partial charge in [0.25, 0.3) is 11.6 Å². The second-order valence-corrected chi connectivity index (χ2v) is 5.90. The van der Waals surface area contributed by atoms with Gasteiger partial charge in [0.15, 0.2) is 6.61 Å². The summed E-state index contributed by atoms with van der Waals surface area (Å²) in [7, 11) is 0. The molecular formula is C19H19N3O6. The van der Waals surface area contributed by atoms with Crippen LogP contribution in [-0.2, 0) is 9.53 Å². The number of benzene rings is 2. The van der Waals surface area contributed by atoms with Gasteiger partial charge in [0.05, 0.1) is 17.2 Å². The molecule has 0 spiro atoms. The predicted molar refractivity (Wildman–Crippen MR) is 101 cm³/mol. The summed E-state index contributed by atoms with van der Waals surface area (Å²) in [5, 5.41) is 14.6. The van der Waals surface area contributed by atoms with E-state index in [0.717, 1.165) is 0 Å². The molecule has 0 aromatic heterocycles. The summed E-state index contributed by atoms with van der Waals surface area (Å²) in [5.41, 5.74) is 2.93. The van der Waals surface area contributed by atoms with Crippen molar-refractivity contribution in [2.24, 2.45) is 5.10 Å². The fraction of sp³-hybridized carbons (Fsp3) is 0.211. The number of carbonyl (C=O) groups is 2. The molecule has 2 aromatic carbocycles. The Balaban J connectivity index is 1.87. The average Bonchev–Trinajstić information content (AvgIpc) is 2.67. The number of ether oxygens (including phenoxy) is 2. The van der Waals surface area contributed by atoms with Gasteiger partial charge < -0.3 is 9.47 Å². The van der Waals surface area contributed by atoms with Crippen LogP contribution in [0.1, 0.15) is 29.8 Å². The molecule has 1 N–H and O–H groups in total. The summed E-state index contributed by atoms with van der Waals surface area (Å²) < 4.78 is 10.3. The fourth-order valence-electron chi connectivity index (χ4n) is 2.08. The van der Waals surface area contributed by atoms with E-state index in [1.165, 1.54) is 30.5 Å². The molecule has 9 heteroatoms. The first-order valence-corrected chi connectivity index (χ1v) is 8.35. The van der Waals surface area contributed by atoms with Gasteiger partial charge in [0, 0.05) is 17.7 Å². The number of hydrogen-bond donors (Lipinski definition) is 1. The highest BCUT2D eigenvalue weighted by molar-refractivity contribution is 5.95. The van der Waals surface area contributed by atoms with Crippen molar-refractivity contribution in [1.82, 2.24) is 5.43 Å². The highest BCUT2D eigenvalue weighted by Crippen LogP contribution is 2.13. The molecule has 0 unspecified atom stereocenters. The highest BCUT2D eigenvalue weighted by atomic mass is 16.6. The van der Waals surface area contributed by atoms with Crippen LogP contribution in [0.4, 0.5) is 5.69 Å². The number of nitro groups is 1. The molecule has 9 nitrogen and oxygen atoms in total. The Bertz CT molecular complexity index is 877. The first-order chi connectivity index (χ1) is 13.3. The van der Waals surface area contributed by atoms with Gasteiger partial charge in [-0.15, -0.1) is 0 Å². The molecule has 146 valence electrons. The largest absolute Gasteiger partial charge is 0.482 e. The number of nitrogens with one attached hydrogen (secondary N) is 1. The Morgan fingerprint density at radius 3 is 2.57 bits per heavy atom. The van der Waals surface area contributed by atoms with Crippen LogP contribution in [0.2, 0.25) is 0 Å². The van der Waals surface area contributed by atoms with Gasteiger partial charge >= 0.3 is 5.97 Å². The van der Waals surface area contributed by atoms with Gasteiger partial charge in [-0.25, -0.2) is 10.2 Å². The molecule has 0 atom stereocenters. The molecule has 2 aromatic rings. The minimum Gasteiger partial charge on any atom is -0.482 e. The van der Waals surface area contributed by atoms with Gasteiger partial charge in [-0.3, -0.25) is 14.9 Å². The molecule has 0 fully saturated rings. The van der Waals surface area contributed by atoms with E-state index in [4.69, 9.17) is 9.47 Å². The summed E-state index contributed by atoms with van der Waals surface area (Å²) in [6.07, 6.45) is 1.21. The predicted octanol–water partition coefficient (Wildman–Crippen LogP) is 2.69. The second-order valence-electron chi connectivity index (χ2n) is 5.90. The van der Waals surface area contributed by atoms with E-state index < -0.39 is 16.8 Å². The zero-order valence-corrected chi connectivity index (χ0v) is 15.3. The van der Waals surface area contributed by atoms with Crippen molar-refractivity contribution >= 4 is 23.8 Å². The Hall–Kier alpha value is -3.75. The number of esters is 1. The van der Waals surface area contributed by atoms with Gasteiger partial charge in [-0.1, -0.05) is 6.07 Å². The third-order valence-electron chi connectivity index (χ3n) is 3.30. The number of non-ortho nitro benzene ring substituents is 1. The van der Waals surface area contributed by atoms with Gasteiger partial charge in [0.1, 0.15) is 5.75 Å². The summed E-state index contributed by atoms with van der Waals surface area (Å²) in [4.78, 5) is 33.6. The summed E-state index contributed by atoms with van der Waals surface area (Å²) in [6.45, 7) is 3.32. The zero-order valence-electron chi connectivity index (χ0n) is 15.3. The number of nitrogens with zero attached hydrogens (tertiary/aromatic N) is 2. The average molecular weight is 385 g/mol. The third kappa shape index (κ3) is 6.52. The lowest BCUT2D eigenvalue weighted by Crippen LogP contribution is -2.18. The van der Waals surface area contributed by atoms with Crippen molar-refractivity contribution in [3.8, 4) is 5.75 Å². The molecule has 2 rings (SSSR count). The maximum atomic E-state index is 12.0. The van der Waals surface area contributed by atoms with Crippen LogP contribution in [0.3, 0.4) is 0 Å². The third-order valence-corrected chi connectivity index (χ3v) is 3.30. The SMILES string of the molecule is CC(C)OC(=O)COc1ccc(/C=N\NC(=O)c2cccc([N+](=O)[O-])c2)cc1. The van der Waals surface area contributed by atoms with E-state index in [0.29, 0.717) is 11.3 Å². The van der Waals surface area contributed by atoms with Crippen molar-refractivity contribution < 1.29 is 24.0 Å². The smallest absolute Gasteiger partial charge is 0.344 e. The lowest BCUT2D eigenvalue weighted by Gasteiger charge is -2.09. The van der Waals surface area contributed by atoms with Crippen LogP contribution in [-0.4, -0.2) is 35.7 Å². The Morgan fingerprint density at radius 2 is 1.93 bits per heavy atom. The molecule has 0 heterocycles. The normalized spacial score (nSPS) is 10.7. The van der Waals surface area contributed by atoms with Crippen LogP contribution >= 0.6 is 0 Å². The maximum Gasteiger partial charge on any atom is 0.344 e. The van der Waals surface area contributed by atoms with Crippen molar-refractivity contribution in [3.63, 3.8) is 0 Å². The number of rotatable bonds is 8. The topological polar surface area (TPSA) is 120 Å². The van der Waals surface area contributed by atoms with Crippen LogP contribution in [0.25, 0.3) is 0 Å². The molecule has 0 saturated heterocycles. The number of hydrazone groups is 1. The van der Waals surface area contributed by atoms with E-state index in [9.17, 15) is 19.7 Å². The molecule has 0 bridgehead atoms. The highest BCUT2D eigenvalue weighted by Gasteiger charge is 2.10. The van der Waals surface area contributed by atoms with Crippen LogP contribution in [0, 0.1) is 10.1 Å². The van der Waals surface area contributed by atoms with Gasteiger partial charge in [-0.05, 0) is 49.7 Å². The molecule has 28 heavy (non-hydrogen) atoms. The zero-order chi connectivity index (χ0) is 20.5. The lowest BCUT2D eigenvalue weighted by atomic mass is 10.2. The Kier molecular flexibility index (Phi) is 7.21. The molecule has 0 aliphatic carbocycles. The molecule has 0 radical (unpaired) electrons. The van der Waals surface area contributed by atoms with Crippen molar-refractivity contribution in [2.75, 3.05) is 6.61 Å². The van der Waals surface area contributed by atoms with E-state index in [-0.39, 0.29) is 24.0 Å². The maximum absolute atomic E-state index is 12.0. The lowest BCUT2D eigenvalue weighted by molar-refractivity contribution is -0.384. The van der Waals surface area contributed by atoms with E-state index in [1.807, 2.05) is 0 Å².